The summed E-state index contributed by atoms with van der Waals surface area (Å²) in [5.74, 6) is 0.236. The molecule has 0 spiro atoms. The van der Waals surface area contributed by atoms with Crippen molar-refractivity contribution in [1.29, 1.82) is 0 Å². The maximum absolute atomic E-state index is 14.6. The van der Waals surface area contributed by atoms with Crippen LogP contribution in [0.3, 0.4) is 0 Å². The third kappa shape index (κ3) is 7.93. The number of hydrogen-bond donors (Lipinski definition) is 3. The van der Waals surface area contributed by atoms with E-state index < -0.39 is 47.0 Å². The molecule has 4 atom stereocenters. The first kappa shape index (κ1) is 32.3. The number of ether oxygens (including phenoxy) is 2. The highest BCUT2D eigenvalue weighted by Crippen LogP contribution is 2.30. The summed E-state index contributed by atoms with van der Waals surface area (Å²) < 4.78 is 43.9. The minimum absolute atomic E-state index is 0.150. The maximum atomic E-state index is 14.6. The van der Waals surface area contributed by atoms with E-state index in [0.29, 0.717) is 22.2 Å². The molecule has 1 saturated heterocycles. The number of carbonyl (C=O) groups is 1. The number of anilines is 1. The van der Waals surface area contributed by atoms with Gasteiger partial charge in [0, 0.05) is 21.7 Å². The number of para-hydroxylation sites is 2. The van der Waals surface area contributed by atoms with E-state index in [-0.39, 0.29) is 19.8 Å². The number of halogens is 1. The van der Waals surface area contributed by atoms with Crippen LogP contribution in [0.5, 0.6) is 11.5 Å². The lowest BCUT2D eigenvalue weighted by atomic mass is 9.99. The van der Waals surface area contributed by atoms with Gasteiger partial charge < -0.3 is 25.0 Å². The Morgan fingerprint density at radius 3 is 2.02 bits per heavy atom. The quantitative estimate of drug-likeness (QED) is 0.199. The lowest BCUT2D eigenvalue weighted by molar-refractivity contribution is -0.117. The lowest BCUT2D eigenvalue weighted by Gasteiger charge is -2.34. The van der Waals surface area contributed by atoms with E-state index in [4.69, 9.17) is 9.47 Å². The number of aromatic nitrogens is 1. The van der Waals surface area contributed by atoms with Crippen molar-refractivity contribution in [3.63, 3.8) is 0 Å². The van der Waals surface area contributed by atoms with Crippen LogP contribution in [0.25, 0.3) is 0 Å². The number of carbonyl (C=O) groups excluding carboxylic acids is 1. The third-order valence-corrected chi connectivity index (χ3v) is 10.3. The molecular weight excluding hydrogens is 719 g/mol. The molecule has 232 valence electrons. The zero-order valence-corrected chi connectivity index (χ0v) is 27.1. The highest BCUT2D eigenvalue weighted by Gasteiger charge is 2.51. The molecule has 2 unspecified atom stereocenters. The van der Waals surface area contributed by atoms with Crippen LogP contribution >= 0.6 is 33.9 Å². The molecule has 0 aliphatic carbocycles. The fourth-order valence-corrected chi connectivity index (χ4v) is 7.90. The predicted molar refractivity (Wildman–Crippen MR) is 175 cm³/mol. The smallest absolute Gasteiger partial charge is 0.283 e. The van der Waals surface area contributed by atoms with E-state index in [0.717, 1.165) is 12.2 Å². The van der Waals surface area contributed by atoms with Gasteiger partial charge in [0.05, 0.1) is 18.6 Å². The van der Waals surface area contributed by atoms with Gasteiger partial charge in [-0.05, 0) is 64.6 Å². The van der Waals surface area contributed by atoms with Crippen LogP contribution in [-0.2, 0) is 21.5 Å². The van der Waals surface area contributed by atoms with Crippen LogP contribution in [0.2, 0.25) is 0 Å². The molecule has 44 heavy (non-hydrogen) atoms. The van der Waals surface area contributed by atoms with Crippen LogP contribution in [0.15, 0.2) is 96.5 Å². The first-order valence-corrected chi connectivity index (χ1v) is 17.0. The summed E-state index contributed by atoms with van der Waals surface area (Å²) in [6.45, 7) is -1.42. The number of benzene rings is 3. The molecule has 5 rings (SSSR count). The SMILES string of the molecule is O=C(CN1C(COc2ccccc2)C(O)[C@H](O)[C@H](COc2ccccc2)N(Cc2cccc(I)c2)S1(=O)=O)Nc1nccs1. The summed E-state index contributed by atoms with van der Waals surface area (Å²) in [5, 5.41) is 27.8. The molecule has 2 heterocycles. The maximum Gasteiger partial charge on any atom is 0.283 e. The van der Waals surface area contributed by atoms with Gasteiger partial charge in [0.1, 0.15) is 36.9 Å². The van der Waals surface area contributed by atoms with Gasteiger partial charge >= 0.3 is 0 Å². The third-order valence-electron chi connectivity index (χ3n) is 7.00. The molecule has 14 heteroatoms. The van der Waals surface area contributed by atoms with Gasteiger partial charge in [-0.1, -0.05) is 48.5 Å². The fraction of sp³-hybridized carbons (Fsp3) is 0.267. The number of aliphatic hydroxyl groups excluding tert-OH is 2. The van der Waals surface area contributed by atoms with Crippen molar-refractivity contribution in [1.82, 2.24) is 13.6 Å². The Balaban J connectivity index is 1.54. The zero-order chi connectivity index (χ0) is 31.1. The molecule has 1 aliphatic heterocycles. The number of hydrogen-bond acceptors (Lipinski definition) is 9. The molecule has 3 aromatic carbocycles. The van der Waals surface area contributed by atoms with Crippen molar-refractivity contribution < 1.29 is 32.9 Å². The highest BCUT2D eigenvalue weighted by atomic mass is 127. The number of thiazole rings is 1. The van der Waals surface area contributed by atoms with Crippen LogP contribution in [0.1, 0.15) is 5.56 Å². The van der Waals surface area contributed by atoms with E-state index in [1.165, 1.54) is 17.5 Å². The fourth-order valence-electron chi connectivity index (χ4n) is 4.83. The summed E-state index contributed by atoms with van der Waals surface area (Å²) >= 11 is 3.32. The molecular formula is C30H31IN4O7S2. The predicted octanol–water partition coefficient (Wildman–Crippen LogP) is 3.37. The van der Waals surface area contributed by atoms with Crippen molar-refractivity contribution >= 4 is 55.2 Å². The minimum atomic E-state index is -4.55. The van der Waals surface area contributed by atoms with Crippen molar-refractivity contribution in [3.05, 3.63) is 106 Å². The largest absolute Gasteiger partial charge is 0.492 e. The first-order chi connectivity index (χ1) is 21.2. The molecule has 11 nitrogen and oxygen atoms in total. The monoisotopic (exact) mass is 750 g/mol. The molecule has 4 aromatic rings. The molecule has 0 bridgehead atoms. The van der Waals surface area contributed by atoms with Crippen molar-refractivity contribution in [2.45, 2.75) is 30.8 Å². The van der Waals surface area contributed by atoms with Crippen LogP contribution < -0.4 is 14.8 Å². The summed E-state index contributed by atoms with van der Waals surface area (Å²) in [5.41, 5.74) is 0.651. The second-order valence-corrected chi connectivity index (χ2v) is 14.0. The molecule has 0 saturated carbocycles. The Morgan fingerprint density at radius 1 is 0.886 bits per heavy atom. The number of rotatable bonds is 11. The van der Waals surface area contributed by atoms with Crippen LogP contribution in [-0.4, -0.2) is 82.2 Å². The van der Waals surface area contributed by atoms with Crippen molar-refractivity contribution in [2.24, 2.45) is 0 Å². The van der Waals surface area contributed by atoms with Gasteiger partial charge in [-0.2, -0.15) is 17.0 Å². The first-order valence-electron chi connectivity index (χ1n) is 13.7. The molecule has 1 fully saturated rings. The standard InChI is InChI=1S/C30H31IN4O7S2/c31-22-9-7-8-21(16-22)17-34-25(19-41-23-10-3-1-4-11-23)28(37)29(38)26(20-42-24-12-5-2-6-13-24)35(44(34,39)40)18-27(36)33-30-32-14-15-43-30/h1-16,25-26,28-29,37-38H,17-20H2,(H,32,33,36)/t25-,26?,28+,29?/m0/s1. The topological polar surface area (TPSA) is 142 Å². The number of nitrogens with zero attached hydrogens (tertiary/aromatic N) is 3. The molecule has 0 radical (unpaired) electrons. The summed E-state index contributed by atoms with van der Waals surface area (Å²) in [6.07, 6.45) is -1.74. The van der Waals surface area contributed by atoms with Gasteiger partial charge in [-0.3, -0.25) is 4.79 Å². The summed E-state index contributed by atoms with van der Waals surface area (Å²) in [6, 6.07) is 22.2. The van der Waals surface area contributed by atoms with Crippen molar-refractivity contribution in [2.75, 3.05) is 25.1 Å². The molecule has 3 N–H and O–H groups in total. The van der Waals surface area contributed by atoms with E-state index in [1.807, 2.05) is 18.2 Å². The van der Waals surface area contributed by atoms with Crippen LogP contribution in [0.4, 0.5) is 5.13 Å². The van der Waals surface area contributed by atoms with Gasteiger partial charge in [0.15, 0.2) is 5.13 Å². The van der Waals surface area contributed by atoms with Gasteiger partial charge in [-0.25, -0.2) is 4.98 Å². The average Bonchev–Trinajstić information content (AvgIpc) is 3.52. The van der Waals surface area contributed by atoms with Crippen LogP contribution in [0, 0.1) is 3.57 Å². The highest BCUT2D eigenvalue weighted by molar-refractivity contribution is 14.1. The van der Waals surface area contributed by atoms with Gasteiger partial charge in [-0.15, -0.1) is 11.3 Å². The number of aliphatic hydroxyl groups is 2. The normalized spacial score (nSPS) is 22.2. The van der Waals surface area contributed by atoms with E-state index in [2.05, 4.69) is 32.9 Å². The molecule has 1 aliphatic rings. The van der Waals surface area contributed by atoms with Gasteiger partial charge in [0.25, 0.3) is 10.2 Å². The summed E-state index contributed by atoms with van der Waals surface area (Å²) in [4.78, 5) is 17.3. The lowest BCUT2D eigenvalue weighted by Crippen LogP contribution is -2.54. The average molecular weight is 751 g/mol. The Labute approximate surface area is 273 Å². The Morgan fingerprint density at radius 2 is 1.48 bits per heavy atom. The van der Waals surface area contributed by atoms with Gasteiger partial charge in [0.2, 0.25) is 5.91 Å². The second-order valence-electron chi connectivity index (χ2n) is 9.98. The summed E-state index contributed by atoms with van der Waals surface area (Å²) in [7, 11) is -4.55. The molecule has 1 amide bonds. The van der Waals surface area contributed by atoms with E-state index in [9.17, 15) is 23.4 Å². The Kier molecular flexibility index (Phi) is 10.8. The van der Waals surface area contributed by atoms with E-state index in [1.54, 1.807) is 72.1 Å². The number of amides is 1. The Hall–Kier alpha value is -3.12. The second kappa shape index (κ2) is 14.8. The Bertz CT molecular complexity index is 1610. The zero-order valence-electron chi connectivity index (χ0n) is 23.3. The minimum Gasteiger partial charge on any atom is -0.492 e. The van der Waals surface area contributed by atoms with E-state index >= 15 is 0 Å². The number of nitrogens with one attached hydrogen (secondary N) is 1. The molecule has 1 aromatic heterocycles. The van der Waals surface area contributed by atoms with Crippen molar-refractivity contribution in [3.8, 4) is 11.5 Å².